The first-order valence-electron chi connectivity index (χ1n) is 5.55. The number of nitrogens with one attached hydrogen (secondary N) is 1. The lowest BCUT2D eigenvalue weighted by Crippen LogP contribution is -2.01. The van der Waals surface area contributed by atoms with Crippen LogP contribution in [0.4, 0.5) is 11.6 Å². The van der Waals surface area contributed by atoms with Gasteiger partial charge in [0.25, 0.3) is 0 Å². The lowest BCUT2D eigenvalue weighted by molar-refractivity contribution is 0.772. The van der Waals surface area contributed by atoms with Crippen LogP contribution >= 0.6 is 0 Å². The van der Waals surface area contributed by atoms with E-state index in [1.165, 1.54) is 11.1 Å². The largest absolute Gasteiger partial charge is 0.326 e. The molecule has 1 aromatic carbocycles. The van der Waals surface area contributed by atoms with E-state index in [4.69, 9.17) is 0 Å². The maximum Gasteiger partial charge on any atom is 0.207 e. The zero-order chi connectivity index (χ0) is 11.5. The molecule has 0 saturated carbocycles. The molecule has 0 bridgehead atoms. The average molecular weight is 215 g/mol. The van der Waals surface area contributed by atoms with Crippen molar-refractivity contribution in [2.24, 2.45) is 0 Å². The molecule has 0 saturated heterocycles. The fraction of sp³-hybridized carbons (Fsp3) is 0.308. The van der Waals surface area contributed by atoms with Gasteiger partial charge < -0.3 is 9.88 Å². The van der Waals surface area contributed by atoms with Crippen LogP contribution in [0.5, 0.6) is 0 Å². The second-order valence-electron chi connectivity index (χ2n) is 4.04. The molecule has 2 aromatic rings. The number of anilines is 2. The number of aromatic nitrogens is 2. The van der Waals surface area contributed by atoms with Gasteiger partial charge in [-0.05, 0) is 44.0 Å². The minimum absolute atomic E-state index is 0.896. The number of hydrogen-bond acceptors (Lipinski definition) is 2. The highest BCUT2D eigenvalue weighted by Crippen LogP contribution is 2.18. The van der Waals surface area contributed by atoms with Gasteiger partial charge in [-0.25, -0.2) is 4.98 Å². The summed E-state index contributed by atoms with van der Waals surface area (Å²) in [4.78, 5) is 4.29. The lowest BCUT2D eigenvalue weighted by atomic mass is 10.1. The molecule has 0 aliphatic heterocycles. The number of nitrogens with zero attached hydrogens (tertiary/aromatic N) is 2. The monoisotopic (exact) mass is 215 g/mol. The highest BCUT2D eigenvalue weighted by atomic mass is 15.2. The lowest BCUT2D eigenvalue weighted by Gasteiger charge is -2.09. The Morgan fingerprint density at radius 1 is 1.19 bits per heavy atom. The molecule has 3 heteroatoms. The molecule has 0 amide bonds. The van der Waals surface area contributed by atoms with Gasteiger partial charge in [-0.3, -0.25) is 0 Å². The molecule has 16 heavy (non-hydrogen) atoms. The van der Waals surface area contributed by atoms with Crippen LogP contribution < -0.4 is 5.32 Å². The van der Waals surface area contributed by atoms with E-state index >= 15 is 0 Å². The fourth-order valence-electron chi connectivity index (χ4n) is 1.86. The van der Waals surface area contributed by atoms with Gasteiger partial charge in [0.1, 0.15) is 0 Å². The minimum Gasteiger partial charge on any atom is -0.326 e. The number of rotatable bonds is 3. The highest BCUT2D eigenvalue weighted by Gasteiger charge is 2.02. The zero-order valence-corrected chi connectivity index (χ0v) is 9.99. The molecular formula is C13H17N3. The molecule has 1 heterocycles. The average Bonchev–Trinajstić information content (AvgIpc) is 2.63. The summed E-state index contributed by atoms with van der Waals surface area (Å²) in [5, 5.41) is 3.34. The van der Waals surface area contributed by atoms with Gasteiger partial charge in [-0.2, -0.15) is 0 Å². The molecule has 0 unspecified atom stereocenters. The van der Waals surface area contributed by atoms with Crippen LogP contribution in [0.3, 0.4) is 0 Å². The Morgan fingerprint density at radius 2 is 1.88 bits per heavy atom. The molecule has 1 aromatic heterocycles. The Labute approximate surface area is 96.1 Å². The first kappa shape index (κ1) is 10.7. The summed E-state index contributed by atoms with van der Waals surface area (Å²) in [5.41, 5.74) is 3.62. The second kappa shape index (κ2) is 4.39. The summed E-state index contributed by atoms with van der Waals surface area (Å²) in [6.07, 6.45) is 3.79. The van der Waals surface area contributed by atoms with Crippen molar-refractivity contribution in [2.45, 2.75) is 27.3 Å². The molecule has 84 valence electrons. The molecule has 2 rings (SSSR count). The van der Waals surface area contributed by atoms with E-state index in [9.17, 15) is 0 Å². The van der Waals surface area contributed by atoms with Crippen molar-refractivity contribution in [3.63, 3.8) is 0 Å². The Hall–Kier alpha value is -1.77. The first-order valence-corrected chi connectivity index (χ1v) is 5.55. The summed E-state index contributed by atoms with van der Waals surface area (Å²) >= 11 is 0. The molecule has 0 aliphatic carbocycles. The Balaban J connectivity index is 2.26. The van der Waals surface area contributed by atoms with E-state index in [0.717, 1.165) is 18.2 Å². The fourth-order valence-corrected chi connectivity index (χ4v) is 1.86. The molecule has 1 N–H and O–H groups in total. The van der Waals surface area contributed by atoms with Gasteiger partial charge in [0.2, 0.25) is 5.95 Å². The molecule has 0 spiro atoms. The number of hydrogen-bond donors (Lipinski definition) is 1. The van der Waals surface area contributed by atoms with E-state index in [2.05, 4.69) is 53.8 Å². The van der Waals surface area contributed by atoms with Crippen LogP contribution in [0.1, 0.15) is 18.1 Å². The summed E-state index contributed by atoms with van der Waals surface area (Å²) in [6.45, 7) is 7.23. The van der Waals surface area contributed by atoms with Crippen molar-refractivity contribution in [2.75, 3.05) is 5.32 Å². The third kappa shape index (κ3) is 2.24. The number of aryl methyl sites for hydroxylation is 3. The van der Waals surface area contributed by atoms with Crippen molar-refractivity contribution in [3.8, 4) is 0 Å². The van der Waals surface area contributed by atoms with Gasteiger partial charge in [-0.15, -0.1) is 0 Å². The molecule has 0 atom stereocenters. The molecule has 0 fully saturated rings. The van der Waals surface area contributed by atoms with Crippen molar-refractivity contribution in [1.82, 2.24) is 9.55 Å². The molecule has 0 aliphatic rings. The summed E-state index contributed by atoms with van der Waals surface area (Å²) in [5.74, 6) is 0.896. The van der Waals surface area contributed by atoms with Crippen LogP contribution in [-0.2, 0) is 6.54 Å². The van der Waals surface area contributed by atoms with E-state index < -0.39 is 0 Å². The summed E-state index contributed by atoms with van der Waals surface area (Å²) in [7, 11) is 0. The van der Waals surface area contributed by atoms with Crippen LogP contribution in [-0.4, -0.2) is 9.55 Å². The maximum absolute atomic E-state index is 4.29. The first-order chi connectivity index (χ1) is 7.69. The number of imidazole rings is 1. The van der Waals surface area contributed by atoms with Gasteiger partial charge >= 0.3 is 0 Å². The van der Waals surface area contributed by atoms with Crippen molar-refractivity contribution in [1.29, 1.82) is 0 Å². The maximum atomic E-state index is 4.29. The molecule has 0 radical (unpaired) electrons. The predicted molar refractivity (Wildman–Crippen MR) is 67.1 cm³/mol. The van der Waals surface area contributed by atoms with Gasteiger partial charge in [0, 0.05) is 24.6 Å². The smallest absolute Gasteiger partial charge is 0.207 e. The van der Waals surface area contributed by atoms with E-state index in [1.54, 1.807) is 0 Å². The van der Waals surface area contributed by atoms with Crippen molar-refractivity contribution < 1.29 is 0 Å². The molecule has 3 nitrogen and oxygen atoms in total. The van der Waals surface area contributed by atoms with Gasteiger partial charge in [0.15, 0.2) is 0 Å². The number of benzene rings is 1. The van der Waals surface area contributed by atoms with E-state index in [-0.39, 0.29) is 0 Å². The normalized spacial score (nSPS) is 10.4. The highest BCUT2D eigenvalue weighted by molar-refractivity contribution is 5.56. The quantitative estimate of drug-likeness (QED) is 0.851. The second-order valence-corrected chi connectivity index (χ2v) is 4.04. The predicted octanol–water partition coefficient (Wildman–Crippen LogP) is 3.26. The SMILES string of the molecule is CCn1ccnc1Nc1cc(C)cc(C)c1. The Bertz CT molecular complexity index is 465. The standard InChI is InChI=1S/C13H17N3/c1-4-16-6-5-14-13(16)15-12-8-10(2)7-11(3)9-12/h5-9H,4H2,1-3H3,(H,14,15). The van der Waals surface area contributed by atoms with Gasteiger partial charge in [-0.1, -0.05) is 6.07 Å². The molecular weight excluding hydrogens is 198 g/mol. The third-order valence-electron chi connectivity index (χ3n) is 2.53. The van der Waals surface area contributed by atoms with Gasteiger partial charge in [0.05, 0.1) is 0 Å². The third-order valence-corrected chi connectivity index (χ3v) is 2.53. The van der Waals surface area contributed by atoms with Crippen LogP contribution in [0, 0.1) is 13.8 Å². The summed E-state index contributed by atoms with van der Waals surface area (Å²) < 4.78 is 2.08. The topological polar surface area (TPSA) is 29.9 Å². The van der Waals surface area contributed by atoms with Crippen LogP contribution in [0.15, 0.2) is 30.6 Å². The summed E-state index contributed by atoms with van der Waals surface area (Å²) in [6, 6.07) is 6.42. The minimum atomic E-state index is 0.896. The van der Waals surface area contributed by atoms with E-state index in [1.807, 2.05) is 12.4 Å². The van der Waals surface area contributed by atoms with Crippen molar-refractivity contribution in [3.05, 3.63) is 41.7 Å². The Kier molecular flexibility index (Phi) is 2.95. The van der Waals surface area contributed by atoms with Crippen LogP contribution in [0.25, 0.3) is 0 Å². The van der Waals surface area contributed by atoms with Crippen molar-refractivity contribution >= 4 is 11.6 Å². The zero-order valence-electron chi connectivity index (χ0n) is 9.99. The van der Waals surface area contributed by atoms with Crippen LogP contribution in [0.2, 0.25) is 0 Å². The van der Waals surface area contributed by atoms with E-state index in [0.29, 0.717) is 0 Å². The Morgan fingerprint density at radius 3 is 2.50 bits per heavy atom.